The number of hydrogen-bond donors (Lipinski definition) is 2. The Morgan fingerprint density at radius 1 is 1.40 bits per heavy atom. The van der Waals surface area contributed by atoms with Gasteiger partial charge in [0.2, 0.25) is 0 Å². The van der Waals surface area contributed by atoms with E-state index in [-0.39, 0.29) is 30.1 Å². The van der Waals surface area contributed by atoms with E-state index in [4.69, 9.17) is 9.84 Å². The lowest BCUT2D eigenvalue weighted by Gasteiger charge is -2.15. The Labute approximate surface area is 118 Å². The van der Waals surface area contributed by atoms with Crippen LogP contribution in [0.3, 0.4) is 0 Å². The molecule has 1 aromatic rings. The molecule has 0 aromatic heterocycles. The summed E-state index contributed by atoms with van der Waals surface area (Å²) >= 11 is 0. The Balaban J connectivity index is 2.92. The molecule has 0 saturated heterocycles. The van der Waals surface area contributed by atoms with Crippen molar-refractivity contribution in [3.05, 3.63) is 28.3 Å². The zero-order chi connectivity index (χ0) is 15.1. The van der Waals surface area contributed by atoms with Crippen molar-refractivity contribution in [3.63, 3.8) is 0 Å². The SMILES string of the molecule is CC(CCO)CNc1cccc(OC(C)C)c1[N+](=O)[O-]. The Morgan fingerprint density at radius 3 is 2.65 bits per heavy atom. The van der Waals surface area contributed by atoms with E-state index < -0.39 is 4.92 Å². The highest BCUT2D eigenvalue weighted by Crippen LogP contribution is 2.35. The van der Waals surface area contributed by atoms with Crippen molar-refractivity contribution >= 4 is 11.4 Å². The first-order chi connectivity index (χ1) is 9.45. The molecule has 1 unspecified atom stereocenters. The van der Waals surface area contributed by atoms with Gasteiger partial charge in [-0.3, -0.25) is 10.1 Å². The third kappa shape index (κ3) is 4.70. The number of benzene rings is 1. The van der Waals surface area contributed by atoms with Crippen molar-refractivity contribution in [2.24, 2.45) is 5.92 Å². The molecule has 1 aromatic carbocycles. The number of nitro benzene ring substituents is 1. The molecule has 6 nitrogen and oxygen atoms in total. The van der Waals surface area contributed by atoms with Gasteiger partial charge in [0.25, 0.3) is 0 Å². The maximum Gasteiger partial charge on any atom is 0.333 e. The van der Waals surface area contributed by atoms with E-state index >= 15 is 0 Å². The molecule has 2 N–H and O–H groups in total. The van der Waals surface area contributed by atoms with Crippen LogP contribution in [-0.2, 0) is 0 Å². The molecule has 0 aliphatic carbocycles. The Morgan fingerprint density at radius 2 is 2.10 bits per heavy atom. The predicted molar refractivity (Wildman–Crippen MR) is 78.2 cm³/mol. The second-order valence-corrected chi connectivity index (χ2v) is 5.07. The molecule has 112 valence electrons. The lowest BCUT2D eigenvalue weighted by atomic mass is 10.1. The minimum atomic E-state index is -0.434. The Hall–Kier alpha value is -1.82. The second-order valence-electron chi connectivity index (χ2n) is 5.07. The monoisotopic (exact) mass is 282 g/mol. The molecular weight excluding hydrogens is 260 g/mol. The first kappa shape index (κ1) is 16.2. The summed E-state index contributed by atoms with van der Waals surface area (Å²) in [5.74, 6) is 0.499. The lowest BCUT2D eigenvalue weighted by molar-refractivity contribution is -0.385. The van der Waals surface area contributed by atoms with E-state index in [0.29, 0.717) is 18.7 Å². The van der Waals surface area contributed by atoms with Crippen LogP contribution in [0, 0.1) is 16.0 Å². The quantitative estimate of drug-likeness (QED) is 0.565. The third-order valence-corrected chi connectivity index (χ3v) is 2.81. The van der Waals surface area contributed by atoms with E-state index in [1.807, 2.05) is 20.8 Å². The zero-order valence-electron chi connectivity index (χ0n) is 12.1. The molecule has 0 aliphatic heterocycles. The zero-order valence-corrected chi connectivity index (χ0v) is 12.1. The van der Waals surface area contributed by atoms with Gasteiger partial charge in [0.05, 0.1) is 11.0 Å². The molecule has 1 rings (SSSR count). The van der Waals surface area contributed by atoms with Gasteiger partial charge in [-0.15, -0.1) is 0 Å². The molecule has 6 heteroatoms. The van der Waals surface area contributed by atoms with Crippen LogP contribution in [0.2, 0.25) is 0 Å². The standard InChI is InChI=1S/C14H22N2O4/c1-10(2)20-13-6-4-5-12(14(13)16(18)19)15-9-11(3)7-8-17/h4-6,10-11,15,17H,7-9H2,1-3H3. The van der Waals surface area contributed by atoms with Gasteiger partial charge in [-0.1, -0.05) is 13.0 Å². The van der Waals surface area contributed by atoms with E-state index in [1.165, 1.54) is 0 Å². The molecule has 0 fully saturated rings. The minimum Gasteiger partial charge on any atom is -0.484 e. The largest absolute Gasteiger partial charge is 0.484 e. The van der Waals surface area contributed by atoms with Crippen LogP contribution >= 0.6 is 0 Å². The van der Waals surface area contributed by atoms with Crippen LogP contribution in [0.5, 0.6) is 5.75 Å². The van der Waals surface area contributed by atoms with Crippen molar-refractivity contribution in [2.75, 3.05) is 18.5 Å². The van der Waals surface area contributed by atoms with Crippen LogP contribution in [0.25, 0.3) is 0 Å². The number of hydrogen-bond acceptors (Lipinski definition) is 5. The van der Waals surface area contributed by atoms with E-state index in [1.54, 1.807) is 18.2 Å². The number of para-hydroxylation sites is 1. The molecular formula is C14H22N2O4. The lowest BCUT2D eigenvalue weighted by Crippen LogP contribution is -2.14. The summed E-state index contributed by atoms with van der Waals surface area (Å²) in [6, 6.07) is 4.99. The topological polar surface area (TPSA) is 84.6 Å². The molecule has 0 amide bonds. The van der Waals surface area contributed by atoms with E-state index in [0.717, 1.165) is 0 Å². The van der Waals surface area contributed by atoms with Gasteiger partial charge < -0.3 is 15.2 Å². The normalized spacial score (nSPS) is 12.2. The average molecular weight is 282 g/mol. The summed E-state index contributed by atoms with van der Waals surface area (Å²) in [6.45, 7) is 6.30. The summed E-state index contributed by atoms with van der Waals surface area (Å²) < 4.78 is 5.48. The maximum atomic E-state index is 11.2. The van der Waals surface area contributed by atoms with Crippen LogP contribution in [0.4, 0.5) is 11.4 Å². The van der Waals surface area contributed by atoms with Gasteiger partial charge >= 0.3 is 5.69 Å². The molecule has 1 atom stereocenters. The highest BCUT2D eigenvalue weighted by molar-refractivity contribution is 5.68. The number of nitrogens with zero attached hydrogens (tertiary/aromatic N) is 1. The molecule has 0 saturated carbocycles. The van der Waals surface area contributed by atoms with Crippen molar-refractivity contribution in [1.82, 2.24) is 0 Å². The highest BCUT2D eigenvalue weighted by atomic mass is 16.6. The molecule has 0 radical (unpaired) electrons. The fourth-order valence-electron chi connectivity index (χ4n) is 1.81. The van der Waals surface area contributed by atoms with Crippen LogP contribution in [-0.4, -0.2) is 29.3 Å². The Kier molecular flexibility index (Phi) is 6.24. The summed E-state index contributed by atoms with van der Waals surface area (Å²) in [5, 5.41) is 23.2. The molecule has 0 heterocycles. The number of ether oxygens (including phenoxy) is 1. The number of rotatable bonds is 8. The second kappa shape index (κ2) is 7.69. The molecule has 0 aliphatic rings. The molecule has 0 spiro atoms. The van der Waals surface area contributed by atoms with Crippen LogP contribution in [0.15, 0.2) is 18.2 Å². The number of nitro groups is 1. The number of aliphatic hydroxyl groups excluding tert-OH is 1. The fraction of sp³-hybridized carbons (Fsp3) is 0.571. The van der Waals surface area contributed by atoms with E-state index in [2.05, 4.69) is 5.32 Å². The van der Waals surface area contributed by atoms with Gasteiger partial charge in [0.1, 0.15) is 5.69 Å². The third-order valence-electron chi connectivity index (χ3n) is 2.81. The highest BCUT2D eigenvalue weighted by Gasteiger charge is 2.21. The Bertz CT molecular complexity index is 449. The molecule has 0 bridgehead atoms. The molecule has 20 heavy (non-hydrogen) atoms. The maximum absolute atomic E-state index is 11.2. The summed E-state index contributed by atoms with van der Waals surface area (Å²) in [4.78, 5) is 10.8. The average Bonchev–Trinajstić information content (AvgIpc) is 2.35. The minimum absolute atomic E-state index is 0.0441. The number of aliphatic hydroxyl groups is 1. The van der Waals surface area contributed by atoms with Crippen LogP contribution < -0.4 is 10.1 Å². The van der Waals surface area contributed by atoms with Crippen LogP contribution in [0.1, 0.15) is 27.2 Å². The smallest absolute Gasteiger partial charge is 0.333 e. The first-order valence-electron chi connectivity index (χ1n) is 6.74. The summed E-state index contributed by atoms with van der Waals surface area (Å²) in [5.41, 5.74) is 0.398. The van der Waals surface area contributed by atoms with Gasteiger partial charge in [0.15, 0.2) is 5.75 Å². The van der Waals surface area contributed by atoms with Crippen molar-refractivity contribution in [2.45, 2.75) is 33.3 Å². The van der Waals surface area contributed by atoms with Gasteiger partial charge in [-0.05, 0) is 38.3 Å². The van der Waals surface area contributed by atoms with Gasteiger partial charge in [-0.2, -0.15) is 0 Å². The number of anilines is 1. The first-order valence-corrected chi connectivity index (χ1v) is 6.74. The number of nitrogens with one attached hydrogen (secondary N) is 1. The predicted octanol–water partition coefficient (Wildman–Crippen LogP) is 2.81. The summed E-state index contributed by atoms with van der Waals surface area (Å²) in [6.07, 6.45) is 0.528. The van der Waals surface area contributed by atoms with E-state index in [9.17, 15) is 10.1 Å². The van der Waals surface area contributed by atoms with Crippen molar-refractivity contribution in [1.29, 1.82) is 0 Å². The van der Waals surface area contributed by atoms with Crippen molar-refractivity contribution in [3.8, 4) is 5.75 Å². The van der Waals surface area contributed by atoms with Crippen molar-refractivity contribution < 1.29 is 14.8 Å². The van der Waals surface area contributed by atoms with Gasteiger partial charge in [-0.25, -0.2) is 0 Å². The fourth-order valence-corrected chi connectivity index (χ4v) is 1.81. The summed E-state index contributed by atoms with van der Waals surface area (Å²) in [7, 11) is 0. The van der Waals surface area contributed by atoms with Gasteiger partial charge in [0, 0.05) is 13.2 Å².